The Bertz CT molecular complexity index is 545. The van der Waals surface area contributed by atoms with E-state index in [9.17, 15) is 13.9 Å². The lowest BCUT2D eigenvalue weighted by molar-refractivity contribution is 0.158. The van der Waals surface area contributed by atoms with E-state index in [0.717, 1.165) is 6.07 Å². The minimum atomic E-state index is -0.800. The van der Waals surface area contributed by atoms with Crippen LogP contribution in [0.1, 0.15) is 12.5 Å². The molecule has 2 rings (SSSR count). The smallest absolute Gasteiger partial charge is 0.129 e. The van der Waals surface area contributed by atoms with E-state index in [1.807, 2.05) is 0 Å². The lowest BCUT2D eigenvalue weighted by Crippen LogP contribution is -2.32. The third-order valence-electron chi connectivity index (χ3n) is 2.90. The second-order valence-electron chi connectivity index (χ2n) is 4.58. The van der Waals surface area contributed by atoms with Gasteiger partial charge in [0.15, 0.2) is 0 Å². The number of aliphatic hydroxyl groups is 1. The first kappa shape index (κ1) is 14.3. The van der Waals surface area contributed by atoms with Crippen LogP contribution in [0.15, 0.2) is 36.8 Å². The summed E-state index contributed by atoms with van der Waals surface area (Å²) in [6.07, 6.45) is 2.32. The fraction of sp³-hybridized carbons (Fsp3) is 0.286. The van der Waals surface area contributed by atoms with Gasteiger partial charge in [-0.1, -0.05) is 0 Å². The van der Waals surface area contributed by atoms with Gasteiger partial charge in [-0.2, -0.15) is 0 Å². The Balaban J connectivity index is 1.98. The molecule has 1 aromatic heterocycles. The molecule has 2 N–H and O–H groups in total. The summed E-state index contributed by atoms with van der Waals surface area (Å²) in [6, 6.07) is 4.58. The number of nitrogens with zero attached hydrogens (tertiary/aromatic N) is 2. The maximum Gasteiger partial charge on any atom is 0.129 e. The number of hydrogen-bond acceptors (Lipinski definition) is 4. The van der Waals surface area contributed by atoms with E-state index in [1.54, 1.807) is 19.2 Å². The van der Waals surface area contributed by atoms with Crippen LogP contribution in [-0.4, -0.2) is 27.2 Å². The molecule has 0 aliphatic rings. The van der Waals surface area contributed by atoms with Gasteiger partial charge in [0, 0.05) is 18.7 Å². The topological polar surface area (TPSA) is 58.0 Å². The summed E-state index contributed by atoms with van der Waals surface area (Å²) in [5.74, 6) is -0.718. The van der Waals surface area contributed by atoms with Crippen LogP contribution in [0.5, 0.6) is 0 Å². The number of halogens is 2. The third-order valence-corrected chi connectivity index (χ3v) is 2.90. The standard InChI is InChI=1S/C14H15F2N3O/c1-9(19-14-2-3-17-8-18-14)13(20)6-10-4-11(15)7-12(16)5-10/h2-5,7-9,13,20H,6H2,1H3,(H,17,18,19). The van der Waals surface area contributed by atoms with Crippen molar-refractivity contribution in [3.05, 3.63) is 54.0 Å². The van der Waals surface area contributed by atoms with Gasteiger partial charge >= 0.3 is 0 Å². The van der Waals surface area contributed by atoms with Crippen molar-refractivity contribution in [1.82, 2.24) is 9.97 Å². The van der Waals surface area contributed by atoms with E-state index in [-0.39, 0.29) is 12.5 Å². The number of nitrogens with one attached hydrogen (secondary N) is 1. The summed E-state index contributed by atoms with van der Waals surface area (Å²) in [7, 11) is 0. The van der Waals surface area contributed by atoms with Crippen molar-refractivity contribution in [2.45, 2.75) is 25.5 Å². The highest BCUT2D eigenvalue weighted by Gasteiger charge is 2.16. The van der Waals surface area contributed by atoms with Gasteiger partial charge in [-0.15, -0.1) is 0 Å². The molecule has 6 heteroatoms. The molecule has 2 atom stereocenters. The average molecular weight is 279 g/mol. The number of aliphatic hydroxyl groups excluding tert-OH is 1. The predicted molar refractivity (Wildman–Crippen MR) is 71.2 cm³/mol. The Morgan fingerprint density at radius 3 is 2.55 bits per heavy atom. The minimum absolute atomic E-state index is 0.147. The van der Waals surface area contributed by atoms with E-state index in [4.69, 9.17) is 0 Å². The van der Waals surface area contributed by atoms with E-state index in [2.05, 4.69) is 15.3 Å². The van der Waals surface area contributed by atoms with Crippen molar-refractivity contribution in [2.75, 3.05) is 5.32 Å². The summed E-state index contributed by atoms with van der Waals surface area (Å²) in [6.45, 7) is 1.77. The predicted octanol–water partition coefficient (Wildman–Crippen LogP) is 2.16. The summed E-state index contributed by atoms with van der Waals surface area (Å²) < 4.78 is 26.1. The van der Waals surface area contributed by atoms with E-state index in [0.29, 0.717) is 11.4 Å². The first-order valence-electron chi connectivity index (χ1n) is 6.20. The first-order valence-corrected chi connectivity index (χ1v) is 6.20. The van der Waals surface area contributed by atoms with Crippen molar-refractivity contribution in [1.29, 1.82) is 0 Å². The van der Waals surface area contributed by atoms with Crippen LogP contribution < -0.4 is 5.32 Å². The minimum Gasteiger partial charge on any atom is -0.391 e. The number of aromatic nitrogens is 2. The highest BCUT2D eigenvalue weighted by atomic mass is 19.1. The fourth-order valence-electron chi connectivity index (χ4n) is 1.85. The molecule has 106 valence electrons. The van der Waals surface area contributed by atoms with E-state index >= 15 is 0 Å². The van der Waals surface area contributed by atoms with Crippen molar-refractivity contribution < 1.29 is 13.9 Å². The molecule has 0 bridgehead atoms. The van der Waals surface area contributed by atoms with Gasteiger partial charge in [0.05, 0.1) is 12.1 Å². The van der Waals surface area contributed by atoms with E-state index in [1.165, 1.54) is 18.5 Å². The molecule has 0 saturated heterocycles. The maximum absolute atomic E-state index is 13.1. The zero-order valence-corrected chi connectivity index (χ0v) is 10.9. The Morgan fingerprint density at radius 2 is 1.95 bits per heavy atom. The zero-order chi connectivity index (χ0) is 14.5. The van der Waals surface area contributed by atoms with Crippen LogP contribution in [0.4, 0.5) is 14.6 Å². The highest BCUT2D eigenvalue weighted by molar-refractivity contribution is 5.33. The second-order valence-corrected chi connectivity index (χ2v) is 4.58. The molecule has 0 aliphatic heterocycles. The Hall–Kier alpha value is -2.08. The highest BCUT2D eigenvalue weighted by Crippen LogP contribution is 2.13. The van der Waals surface area contributed by atoms with Gasteiger partial charge in [0.25, 0.3) is 0 Å². The third kappa shape index (κ3) is 3.96. The fourth-order valence-corrected chi connectivity index (χ4v) is 1.85. The van der Waals surface area contributed by atoms with Crippen molar-refractivity contribution in [3.63, 3.8) is 0 Å². The van der Waals surface area contributed by atoms with Gasteiger partial charge < -0.3 is 10.4 Å². The number of hydrogen-bond donors (Lipinski definition) is 2. The Labute approximate surface area is 115 Å². The summed E-state index contributed by atoms with van der Waals surface area (Å²) >= 11 is 0. The molecule has 0 spiro atoms. The quantitative estimate of drug-likeness (QED) is 0.880. The van der Waals surface area contributed by atoms with Gasteiger partial charge in [-0.3, -0.25) is 0 Å². The van der Waals surface area contributed by atoms with Crippen LogP contribution in [0.25, 0.3) is 0 Å². The van der Waals surface area contributed by atoms with Crippen LogP contribution in [0, 0.1) is 11.6 Å². The Morgan fingerprint density at radius 1 is 1.25 bits per heavy atom. The van der Waals surface area contributed by atoms with Gasteiger partial charge in [0.2, 0.25) is 0 Å². The lowest BCUT2D eigenvalue weighted by Gasteiger charge is -2.20. The van der Waals surface area contributed by atoms with Crippen LogP contribution in [0.2, 0.25) is 0 Å². The zero-order valence-electron chi connectivity index (χ0n) is 10.9. The maximum atomic E-state index is 13.1. The summed E-state index contributed by atoms with van der Waals surface area (Å²) in [4.78, 5) is 7.77. The van der Waals surface area contributed by atoms with Crippen molar-refractivity contribution >= 4 is 5.82 Å². The monoisotopic (exact) mass is 279 g/mol. The number of rotatable bonds is 5. The van der Waals surface area contributed by atoms with Crippen LogP contribution in [0.3, 0.4) is 0 Å². The largest absolute Gasteiger partial charge is 0.391 e. The molecule has 0 radical (unpaired) electrons. The van der Waals surface area contributed by atoms with Crippen molar-refractivity contribution in [3.8, 4) is 0 Å². The van der Waals surface area contributed by atoms with Gasteiger partial charge in [0.1, 0.15) is 23.8 Å². The normalized spacial score (nSPS) is 13.8. The lowest BCUT2D eigenvalue weighted by atomic mass is 10.0. The molecule has 1 heterocycles. The molecular formula is C14H15F2N3O. The molecule has 2 aromatic rings. The van der Waals surface area contributed by atoms with E-state index < -0.39 is 17.7 Å². The summed E-state index contributed by atoms with van der Waals surface area (Å²) in [5, 5.41) is 13.1. The van der Waals surface area contributed by atoms with Crippen LogP contribution in [-0.2, 0) is 6.42 Å². The van der Waals surface area contributed by atoms with Crippen LogP contribution >= 0.6 is 0 Å². The molecule has 0 aliphatic carbocycles. The second kappa shape index (κ2) is 6.38. The number of benzene rings is 1. The van der Waals surface area contributed by atoms with Crippen molar-refractivity contribution in [2.24, 2.45) is 0 Å². The molecule has 0 amide bonds. The van der Waals surface area contributed by atoms with Gasteiger partial charge in [-0.25, -0.2) is 18.7 Å². The Kier molecular flexibility index (Phi) is 4.57. The molecule has 1 aromatic carbocycles. The molecule has 0 saturated carbocycles. The first-order chi connectivity index (χ1) is 9.54. The SMILES string of the molecule is CC(Nc1ccncn1)C(O)Cc1cc(F)cc(F)c1. The number of anilines is 1. The molecular weight excluding hydrogens is 264 g/mol. The molecule has 2 unspecified atom stereocenters. The molecule has 0 fully saturated rings. The van der Waals surface area contributed by atoms with Gasteiger partial charge in [-0.05, 0) is 30.7 Å². The molecule has 4 nitrogen and oxygen atoms in total. The summed E-state index contributed by atoms with van der Waals surface area (Å²) in [5.41, 5.74) is 0.409. The average Bonchev–Trinajstić information content (AvgIpc) is 2.38. The molecule has 20 heavy (non-hydrogen) atoms.